The van der Waals surface area contributed by atoms with Crippen molar-refractivity contribution in [3.05, 3.63) is 11.9 Å². The Morgan fingerprint density at radius 3 is 2.47 bits per heavy atom. The van der Waals surface area contributed by atoms with E-state index in [0.29, 0.717) is 17.4 Å². The van der Waals surface area contributed by atoms with Crippen LogP contribution in [0.1, 0.15) is 52.8 Å². The molecule has 0 bridgehead atoms. The van der Waals surface area contributed by atoms with Gasteiger partial charge in [0.05, 0.1) is 17.9 Å². The lowest BCUT2D eigenvalue weighted by Crippen LogP contribution is -2.28. The summed E-state index contributed by atoms with van der Waals surface area (Å²) in [5, 5.41) is 11.5. The first-order valence-electron chi connectivity index (χ1n) is 6.44. The largest absolute Gasteiger partial charge is 0.309 e. The van der Waals surface area contributed by atoms with E-state index in [0.717, 1.165) is 13.0 Å². The van der Waals surface area contributed by atoms with Gasteiger partial charge in [-0.25, -0.2) is 0 Å². The summed E-state index contributed by atoms with van der Waals surface area (Å²) in [5.41, 5.74) is 1.50. The molecule has 1 rings (SSSR count). The zero-order chi connectivity index (χ0) is 13.1. The van der Waals surface area contributed by atoms with Crippen molar-refractivity contribution < 1.29 is 0 Å². The molecule has 17 heavy (non-hydrogen) atoms. The van der Waals surface area contributed by atoms with Gasteiger partial charge in [0.25, 0.3) is 0 Å². The average molecular weight is 238 g/mol. The van der Waals surface area contributed by atoms with Crippen molar-refractivity contribution in [2.45, 2.75) is 47.1 Å². The van der Waals surface area contributed by atoms with Crippen LogP contribution in [-0.4, -0.2) is 21.5 Å². The Balaban J connectivity index is 2.78. The van der Waals surface area contributed by atoms with Crippen molar-refractivity contribution in [1.29, 1.82) is 0 Å². The van der Waals surface area contributed by atoms with E-state index in [2.05, 4.69) is 50.2 Å². The van der Waals surface area contributed by atoms with Gasteiger partial charge in [-0.3, -0.25) is 4.68 Å². The van der Waals surface area contributed by atoms with Gasteiger partial charge < -0.3 is 5.32 Å². The van der Waals surface area contributed by atoms with Gasteiger partial charge in [0, 0.05) is 7.05 Å². The second kappa shape index (κ2) is 5.63. The van der Waals surface area contributed by atoms with Crippen molar-refractivity contribution >= 4 is 0 Å². The first-order chi connectivity index (χ1) is 7.86. The molecule has 1 aromatic rings. The fourth-order valence-corrected chi connectivity index (χ4v) is 1.88. The van der Waals surface area contributed by atoms with Crippen molar-refractivity contribution in [3.63, 3.8) is 0 Å². The number of aryl methyl sites for hydroxylation is 1. The maximum Gasteiger partial charge on any atom is 0.0753 e. The van der Waals surface area contributed by atoms with E-state index >= 15 is 0 Å². The Morgan fingerprint density at radius 2 is 2.06 bits per heavy atom. The number of aromatic nitrogens is 3. The molecular weight excluding hydrogens is 212 g/mol. The molecule has 0 amide bonds. The van der Waals surface area contributed by atoms with Gasteiger partial charge in [-0.15, -0.1) is 5.10 Å². The van der Waals surface area contributed by atoms with Gasteiger partial charge in [-0.05, 0) is 24.3 Å². The van der Waals surface area contributed by atoms with Crippen LogP contribution in [0.15, 0.2) is 6.20 Å². The van der Waals surface area contributed by atoms with Crippen molar-refractivity contribution in [2.24, 2.45) is 18.4 Å². The number of nitrogens with zero attached hydrogens (tertiary/aromatic N) is 3. The van der Waals surface area contributed by atoms with Crippen LogP contribution in [-0.2, 0) is 7.05 Å². The van der Waals surface area contributed by atoms with Crippen LogP contribution in [0.2, 0.25) is 0 Å². The Labute approximate surface area is 105 Å². The molecule has 4 nitrogen and oxygen atoms in total. The van der Waals surface area contributed by atoms with Crippen molar-refractivity contribution in [3.8, 4) is 0 Å². The monoisotopic (exact) mass is 238 g/mol. The maximum atomic E-state index is 4.02. The third-order valence-corrected chi connectivity index (χ3v) is 3.62. The summed E-state index contributed by atoms with van der Waals surface area (Å²) in [4.78, 5) is 0. The predicted octanol–water partition coefficient (Wildman–Crippen LogP) is 2.54. The van der Waals surface area contributed by atoms with Crippen LogP contribution in [0, 0.1) is 11.3 Å². The van der Waals surface area contributed by atoms with E-state index in [-0.39, 0.29) is 0 Å². The highest BCUT2D eigenvalue weighted by atomic mass is 15.4. The maximum absolute atomic E-state index is 4.02. The minimum atomic E-state index is 0.333. The first-order valence-corrected chi connectivity index (χ1v) is 6.44. The normalized spacial score (nSPS) is 15.9. The molecule has 0 aromatic carbocycles. The Kier molecular flexibility index (Phi) is 4.69. The minimum absolute atomic E-state index is 0.333. The third-order valence-electron chi connectivity index (χ3n) is 3.62. The predicted molar refractivity (Wildman–Crippen MR) is 70.7 cm³/mol. The van der Waals surface area contributed by atoms with Crippen molar-refractivity contribution in [1.82, 2.24) is 20.3 Å². The third kappa shape index (κ3) is 3.80. The molecule has 1 N–H and O–H groups in total. The summed E-state index contributed by atoms with van der Waals surface area (Å²) < 4.78 is 1.86. The van der Waals surface area contributed by atoms with E-state index in [1.54, 1.807) is 0 Å². The van der Waals surface area contributed by atoms with Gasteiger partial charge in [0.2, 0.25) is 0 Å². The zero-order valence-corrected chi connectivity index (χ0v) is 12.0. The molecule has 4 heteroatoms. The van der Waals surface area contributed by atoms with Gasteiger partial charge in [0.15, 0.2) is 0 Å². The fourth-order valence-electron chi connectivity index (χ4n) is 1.88. The lowest BCUT2D eigenvalue weighted by molar-refractivity contribution is 0.221. The van der Waals surface area contributed by atoms with Gasteiger partial charge in [-0.2, -0.15) is 0 Å². The molecule has 2 atom stereocenters. The summed E-state index contributed by atoms with van der Waals surface area (Å²) in [5.74, 6) is 0.640. The van der Waals surface area contributed by atoms with E-state index in [1.165, 1.54) is 5.69 Å². The lowest BCUT2D eigenvalue weighted by atomic mass is 9.78. The summed E-state index contributed by atoms with van der Waals surface area (Å²) in [6, 6.07) is 0.342. The number of hydrogen-bond donors (Lipinski definition) is 1. The smallest absolute Gasteiger partial charge is 0.0753 e. The molecule has 2 unspecified atom stereocenters. The molecule has 1 aromatic heterocycles. The fraction of sp³-hybridized carbons (Fsp3) is 0.846. The van der Waals surface area contributed by atoms with Crippen LogP contribution in [0.4, 0.5) is 0 Å². The highest BCUT2D eigenvalue weighted by Gasteiger charge is 2.25. The highest BCUT2D eigenvalue weighted by Crippen LogP contribution is 2.32. The zero-order valence-electron chi connectivity index (χ0n) is 12.0. The molecule has 0 aliphatic heterocycles. The Morgan fingerprint density at radius 1 is 1.41 bits per heavy atom. The summed E-state index contributed by atoms with van der Waals surface area (Å²) in [7, 11) is 1.95. The molecule has 0 spiro atoms. The number of rotatable bonds is 5. The number of nitrogens with one attached hydrogen (secondary N) is 1. The van der Waals surface area contributed by atoms with Crippen LogP contribution in [0.25, 0.3) is 0 Å². The van der Waals surface area contributed by atoms with Crippen LogP contribution < -0.4 is 5.32 Å². The Bertz CT molecular complexity index is 337. The molecular formula is C13H26N4. The summed E-state index contributed by atoms with van der Waals surface area (Å²) in [6.45, 7) is 12.3. The van der Waals surface area contributed by atoms with E-state index < -0.39 is 0 Å². The van der Waals surface area contributed by atoms with E-state index in [9.17, 15) is 0 Å². The van der Waals surface area contributed by atoms with Gasteiger partial charge >= 0.3 is 0 Å². The second-order valence-electron chi connectivity index (χ2n) is 5.90. The average Bonchev–Trinajstić information content (AvgIpc) is 2.62. The van der Waals surface area contributed by atoms with Crippen LogP contribution >= 0.6 is 0 Å². The molecule has 1 heterocycles. The topological polar surface area (TPSA) is 42.7 Å². The Hall–Kier alpha value is -0.900. The van der Waals surface area contributed by atoms with Crippen LogP contribution in [0.5, 0.6) is 0 Å². The van der Waals surface area contributed by atoms with Gasteiger partial charge in [-0.1, -0.05) is 39.8 Å². The standard InChI is InChI=1S/C13H26N4/c1-7-14-11(8-10(2)13(3,4)5)12-9-15-16-17(12)6/h9-11,14H,7-8H2,1-6H3. The molecule has 0 saturated heterocycles. The van der Waals surface area contributed by atoms with Crippen molar-refractivity contribution in [2.75, 3.05) is 6.54 Å². The van der Waals surface area contributed by atoms with E-state index in [1.807, 2.05) is 17.9 Å². The second-order valence-corrected chi connectivity index (χ2v) is 5.90. The lowest BCUT2D eigenvalue weighted by Gasteiger charge is -2.31. The van der Waals surface area contributed by atoms with Crippen LogP contribution in [0.3, 0.4) is 0 Å². The molecule has 0 aliphatic rings. The summed E-state index contributed by atoms with van der Waals surface area (Å²) in [6.07, 6.45) is 2.97. The quantitative estimate of drug-likeness (QED) is 0.857. The first kappa shape index (κ1) is 14.2. The SMILES string of the molecule is CCNC(CC(C)C(C)(C)C)c1cnnn1C. The molecule has 0 fully saturated rings. The highest BCUT2D eigenvalue weighted by molar-refractivity contribution is 5.02. The number of hydrogen-bond acceptors (Lipinski definition) is 3. The molecule has 98 valence electrons. The summed E-state index contributed by atoms with van der Waals surface area (Å²) >= 11 is 0. The van der Waals surface area contributed by atoms with E-state index in [4.69, 9.17) is 0 Å². The van der Waals surface area contributed by atoms with Gasteiger partial charge in [0.1, 0.15) is 0 Å². The minimum Gasteiger partial charge on any atom is -0.309 e. The molecule has 0 saturated carbocycles. The molecule has 0 radical (unpaired) electrons. The molecule has 0 aliphatic carbocycles.